The second kappa shape index (κ2) is 4.44. The zero-order valence-corrected chi connectivity index (χ0v) is 7.60. The number of hydrogen-bond donors (Lipinski definition) is 1. The van der Waals surface area contributed by atoms with Crippen molar-refractivity contribution in [3.05, 3.63) is 12.4 Å². The summed E-state index contributed by atoms with van der Waals surface area (Å²) < 4.78 is 6.08. The van der Waals surface area contributed by atoms with Crippen LogP contribution in [0.4, 0.5) is 4.79 Å². The van der Waals surface area contributed by atoms with Gasteiger partial charge in [0.25, 0.3) is 0 Å². The van der Waals surface area contributed by atoms with Crippen LogP contribution in [0.15, 0.2) is 12.4 Å². The van der Waals surface area contributed by atoms with Crippen molar-refractivity contribution in [2.75, 3.05) is 7.11 Å². The van der Waals surface area contributed by atoms with Crippen molar-refractivity contribution in [3.63, 3.8) is 0 Å². The number of amides is 1. The number of carbonyl (C=O) groups excluding carboxylic acids is 1. The minimum absolute atomic E-state index is 0.0332. The van der Waals surface area contributed by atoms with Gasteiger partial charge in [0.1, 0.15) is 0 Å². The summed E-state index contributed by atoms with van der Waals surface area (Å²) >= 11 is 0. The molecule has 0 bridgehead atoms. The Labute approximate surface area is 75.9 Å². The Bertz CT molecular complexity index is 259. The monoisotopic (exact) mass is 184 g/mol. The van der Waals surface area contributed by atoms with Crippen molar-refractivity contribution in [3.8, 4) is 0 Å². The van der Waals surface area contributed by atoms with E-state index in [0.717, 1.165) is 0 Å². The molecule has 0 aliphatic carbocycles. The second-order valence-corrected chi connectivity index (χ2v) is 2.66. The molecule has 6 nitrogen and oxygen atoms in total. The molecule has 1 rings (SSSR count). The van der Waals surface area contributed by atoms with E-state index >= 15 is 0 Å². The van der Waals surface area contributed by atoms with Crippen LogP contribution in [0.5, 0.6) is 0 Å². The Morgan fingerprint density at radius 1 is 1.77 bits per heavy atom. The number of hydrogen-bond acceptors (Lipinski definition) is 4. The lowest BCUT2D eigenvalue weighted by atomic mass is 10.3. The molecule has 1 amide bonds. The average molecular weight is 184 g/mol. The topological polar surface area (TPSA) is 69.0 Å². The summed E-state index contributed by atoms with van der Waals surface area (Å²) in [6.45, 7) is 2.44. The second-order valence-electron chi connectivity index (χ2n) is 2.66. The SMILES string of the molecule is COC(=O)N[C@H](C)Cn1ccnn1. The van der Waals surface area contributed by atoms with Crippen molar-refractivity contribution in [2.24, 2.45) is 0 Å². The summed E-state index contributed by atoms with van der Waals surface area (Å²) in [4.78, 5) is 10.8. The molecular formula is C7H12N4O2. The maximum Gasteiger partial charge on any atom is 0.407 e. The lowest BCUT2D eigenvalue weighted by Crippen LogP contribution is -2.35. The average Bonchev–Trinajstić information content (AvgIpc) is 2.56. The van der Waals surface area contributed by atoms with Gasteiger partial charge in [0.2, 0.25) is 0 Å². The molecule has 1 atom stereocenters. The minimum Gasteiger partial charge on any atom is -0.453 e. The molecule has 0 fully saturated rings. The number of methoxy groups -OCH3 is 1. The molecule has 1 N–H and O–H groups in total. The largest absolute Gasteiger partial charge is 0.453 e. The van der Waals surface area contributed by atoms with E-state index in [4.69, 9.17) is 0 Å². The van der Waals surface area contributed by atoms with Crippen molar-refractivity contribution in [1.82, 2.24) is 20.3 Å². The first-order valence-corrected chi connectivity index (χ1v) is 3.91. The number of rotatable bonds is 3. The molecule has 6 heteroatoms. The predicted molar refractivity (Wildman–Crippen MR) is 45.0 cm³/mol. The zero-order chi connectivity index (χ0) is 9.68. The zero-order valence-electron chi connectivity index (χ0n) is 7.60. The molecule has 0 unspecified atom stereocenters. The molecule has 1 aromatic rings. The van der Waals surface area contributed by atoms with E-state index in [9.17, 15) is 4.79 Å². The van der Waals surface area contributed by atoms with Gasteiger partial charge in [-0.1, -0.05) is 5.21 Å². The summed E-state index contributed by atoms with van der Waals surface area (Å²) in [5, 5.41) is 10.0. The number of nitrogens with zero attached hydrogens (tertiary/aromatic N) is 3. The maximum atomic E-state index is 10.8. The quantitative estimate of drug-likeness (QED) is 0.719. The third-order valence-electron chi connectivity index (χ3n) is 1.48. The molecule has 0 radical (unpaired) electrons. The van der Waals surface area contributed by atoms with Crippen molar-refractivity contribution in [1.29, 1.82) is 0 Å². The first-order valence-electron chi connectivity index (χ1n) is 3.91. The smallest absolute Gasteiger partial charge is 0.407 e. The van der Waals surface area contributed by atoms with Crippen LogP contribution in [0.3, 0.4) is 0 Å². The number of ether oxygens (including phenoxy) is 1. The van der Waals surface area contributed by atoms with Crippen LogP contribution in [0.1, 0.15) is 6.92 Å². The minimum atomic E-state index is -0.437. The van der Waals surface area contributed by atoms with E-state index in [2.05, 4.69) is 20.4 Å². The van der Waals surface area contributed by atoms with Crippen molar-refractivity contribution in [2.45, 2.75) is 19.5 Å². The molecule has 1 heterocycles. The number of aromatic nitrogens is 3. The van der Waals surface area contributed by atoms with Gasteiger partial charge in [0.15, 0.2) is 0 Å². The van der Waals surface area contributed by atoms with Gasteiger partial charge in [0, 0.05) is 12.2 Å². The lowest BCUT2D eigenvalue weighted by molar-refractivity contribution is 0.166. The lowest BCUT2D eigenvalue weighted by Gasteiger charge is -2.11. The summed E-state index contributed by atoms with van der Waals surface area (Å²) in [6.07, 6.45) is 2.88. The van der Waals surface area contributed by atoms with Crippen LogP contribution < -0.4 is 5.32 Å². The van der Waals surface area contributed by atoms with E-state index in [-0.39, 0.29) is 6.04 Å². The molecule has 0 spiro atoms. The Balaban J connectivity index is 2.33. The van der Waals surface area contributed by atoms with Gasteiger partial charge in [-0.2, -0.15) is 0 Å². The van der Waals surface area contributed by atoms with Gasteiger partial charge in [-0.15, -0.1) is 5.10 Å². The molecule has 0 aromatic carbocycles. The van der Waals surface area contributed by atoms with Crippen LogP contribution in [-0.2, 0) is 11.3 Å². The van der Waals surface area contributed by atoms with E-state index in [0.29, 0.717) is 6.54 Å². The third kappa shape index (κ3) is 3.10. The molecule has 72 valence electrons. The van der Waals surface area contributed by atoms with Crippen molar-refractivity contribution >= 4 is 6.09 Å². The molecule has 0 aliphatic heterocycles. The number of nitrogens with one attached hydrogen (secondary N) is 1. The van der Waals surface area contributed by atoms with E-state index < -0.39 is 6.09 Å². The Kier molecular flexibility index (Phi) is 3.24. The van der Waals surface area contributed by atoms with Crippen LogP contribution in [0, 0.1) is 0 Å². The van der Waals surface area contributed by atoms with Crippen LogP contribution in [-0.4, -0.2) is 34.2 Å². The molecular weight excluding hydrogens is 172 g/mol. The van der Waals surface area contributed by atoms with E-state index in [1.54, 1.807) is 17.1 Å². The molecule has 1 aromatic heterocycles. The Morgan fingerprint density at radius 3 is 3.08 bits per heavy atom. The summed E-state index contributed by atoms with van der Waals surface area (Å²) in [5.74, 6) is 0. The summed E-state index contributed by atoms with van der Waals surface area (Å²) in [7, 11) is 1.33. The number of alkyl carbamates (subject to hydrolysis) is 1. The predicted octanol–water partition coefficient (Wildman–Crippen LogP) is 0.0226. The van der Waals surface area contributed by atoms with Crippen LogP contribution >= 0.6 is 0 Å². The van der Waals surface area contributed by atoms with Gasteiger partial charge in [0.05, 0.1) is 19.9 Å². The highest BCUT2D eigenvalue weighted by molar-refractivity contribution is 5.67. The van der Waals surface area contributed by atoms with Gasteiger partial charge < -0.3 is 10.1 Å². The fourth-order valence-electron chi connectivity index (χ4n) is 0.916. The standard InChI is InChI=1S/C7H12N4O2/c1-6(9-7(12)13-2)5-11-4-3-8-10-11/h3-4,6H,5H2,1-2H3,(H,9,12)/t6-/m1/s1. The van der Waals surface area contributed by atoms with E-state index in [1.165, 1.54) is 7.11 Å². The van der Waals surface area contributed by atoms with Gasteiger partial charge in [-0.05, 0) is 6.92 Å². The normalized spacial score (nSPS) is 12.2. The van der Waals surface area contributed by atoms with Crippen LogP contribution in [0.2, 0.25) is 0 Å². The molecule has 0 saturated carbocycles. The summed E-state index contributed by atoms with van der Waals surface area (Å²) in [5.41, 5.74) is 0. The Hall–Kier alpha value is -1.59. The summed E-state index contributed by atoms with van der Waals surface area (Å²) in [6, 6.07) is -0.0332. The molecule has 0 saturated heterocycles. The fraction of sp³-hybridized carbons (Fsp3) is 0.571. The highest BCUT2D eigenvalue weighted by atomic mass is 16.5. The van der Waals surface area contributed by atoms with Crippen LogP contribution in [0.25, 0.3) is 0 Å². The first-order chi connectivity index (χ1) is 6.22. The molecule has 0 aliphatic rings. The highest BCUT2D eigenvalue weighted by Crippen LogP contribution is 1.89. The Morgan fingerprint density at radius 2 is 2.54 bits per heavy atom. The van der Waals surface area contributed by atoms with Gasteiger partial charge in [-0.3, -0.25) is 4.68 Å². The molecule has 13 heavy (non-hydrogen) atoms. The van der Waals surface area contributed by atoms with Crippen molar-refractivity contribution < 1.29 is 9.53 Å². The number of carbonyl (C=O) groups is 1. The van der Waals surface area contributed by atoms with Gasteiger partial charge >= 0.3 is 6.09 Å². The highest BCUT2D eigenvalue weighted by Gasteiger charge is 2.07. The first kappa shape index (κ1) is 9.50. The fourth-order valence-corrected chi connectivity index (χ4v) is 0.916. The maximum absolute atomic E-state index is 10.8. The third-order valence-corrected chi connectivity index (χ3v) is 1.48. The van der Waals surface area contributed by atoms with E-state index in [1.807, 2.05) is 6.92 Å². The van der Waals surface area contributed by atoms with Gasteiger partial charge in [-0.25, -0.2) is 4.79 Å².